The van der Waals surface area contributed by atoms with E-state index in [1.165, 1.54) is 22.8 Å². The van der Waals surface area contributed by atoms with Gasteiger partial charge in [-0.25, -0.2) is 22.3 Å². The second-order valence-corrected chi connectivity index (χ2v) is 10.9. The van der Waals surface area contributed by atoms with Crippen LogP contribution in [0.1, 0.15) is 18.4 Å². The first-order valence-corrected chi connectivity index (χ1v) is 12.3. The highest BCUT2D eigenvalue weighted by Crippen LogP contribution is 2.37. The average molecular weight is 479 g/mol. The standard InChI is InChI=1S/C21H25FN5O5S/c1-25-8-14(7-23-25)9-27-19(28)17-6-16(33(30,31)24-21(13-22)4-5-21)2-3-18(17)26(20(27)29)10-15-11-32-12-15/h2-3,6-8,15-16,24H,4-5,9-13H2,1H3/q+1. The number of hydrogen-bond donors (Lipinski definition) is 1. The zero-order valence-corrected chi connectivity index (χ0v) is 18.9. The minimum absolute atomic E-state index is 0.0120. The molecule has 2 fully saturated rings. The van der Waals surface area contributed by atoms with E-state index < -0.39 is 39.4 Å². The van der Waals surface area contributed by atoms with Crippen molar-refractivity contribution in [1.29, 1.82) is 0 Å². The molecule has 12 heteroatoms. The number of nitrogens with one attached hydrogen (secondary N) is 1. The van der Waals surface area contributed by atoms with Gasteiger partial charge in [-0.1, -0.05) is 6.08 Å². The Hall–Kier alpha value is -2.70. The average Bonchev–Trinajstić information content (AvgIpc) is 3.40. The number of aromatic nitrogens is 2. The van der Waals surface area contributed by atoms with Crippen molar-refractivity contribution in [3.05, 3.63) is 41.8 Å². The molecular formula is C21H25FN5O5S+. The van der Waals surface area contributed by atoms with Gasteiger partial charge in [-0.05, 0) is 25.0 Å². The van der Waals surface area contributed by atoms with Crippen LogP contribution in [0.2, 0.25) is 0 Å². The summed E-state index contributed by atoms with van der Waals surface area (Å²) in [7, 11) is -2.22. The third-order valence-electron chi connectivity index (χ3n) is 6.35. The molecule has 2 aliphatic heterocycles. The molecule has 0 spiro atoms. The van der Waals surface area contributed by atoms with Crippen LogP contribution in [0.3, 0.4) is 0 Å². The topological polar surface area (TPSA) is 114 Å². The van der Waals surface area contributed by atoms with Crippen molar-refractivity contribution >= 4 is 27.7 Å². The molecule has 4 aliphatic rings. The van der Waals surface area contributed by atoms with Crippen molar-refractivity contribution < 1.29 is 31.7 Å². The SMILES string of the molecule is Cn1cc(CN2C(=O)C3=CC(S(=O)(=O)NC4(CF)CC4)C=CC3=[N+](CC3COC3)C2=O)cn1. The Balaban J connectivity index is 1.50. The molecule has 0 radical (unpaired) electrons. The fourth-order valence-corrected chi connectivity index (χ4v) is 5.75. The molecule has 1 aromatic rings. The molecule has 1 aromatic heterocycles. The number of urea groups is 1. The monoisotopic (exact) mass is 478 g/mol. The van der Waals surface area contributed by atoms with Gasteiger partial charge in [0.15, 0.2) is 0 Å². The summed E-state index contributed by atoms with van der Waals surface area (Å²) in [5.74, 6) is -0.442. The number of sulfonamides is 1. The third kappa shape index (κ3) is 4.06. The first kappa shape index (κ1) is 22.1. The number of carbonyl (C=O) groups excluding carboxylic acids is 2. The highest BCUT2D eigenvalue weighted by atomic mass is 32.2. The number of rotatable bonds is 8. The van der Waals surface area contributed by atoms with Gasteiger partial charge in [0.2, 0.25) is 10.0 Å². The molecular weight excluding hydrogens is 453 g/mol. The maximum atomic E-state index is 13.4. The Morgan fingerprint density at radius 2 is 2.09 bits per heavy atom. The van der Waals surface area contributed by atoms with E-state index in [1.807, 2.05) is 0 Å². The number of hydrogen-bond acceptors (Lipinski definition) is 6. The van der Waals surface area contributed by atoms with Crippen LogP contribution < -0.4 is 4.72 Å². The summed E-state index contributed by atoms with van der Waals surface area (Å²) in [5.41, 5.74) is 0.148. The fraction of sp³-hybridized carbons (Fsp3) is 0.524. The van der Waals surface area contributed by atoms with Crippen LogP contribution in [0, 0.1) is 5.92 Å². The third-order valence-corrected chi connectivity index (χ3v) is 8.08. The summed E-state index contributed by atoms with van der Waals surface area (Å²) in [4.78, 5) is 27.8. The Morgan fingerprint density at radius 3 is 2.67 bits per heavy atom. The molecule has 1 atom stereocenters. The molecule has 0 bridgehead atoms. The zero-order valence-electron chi connectivity index (χ0n) is 18.1. The van der Waals surface area contributed by atoms with Gasteiger partial charge in [0.25, 0.3) is 0 Å². The van der Waals surface area contributed by atoms with E-state index in [4.69, 9.17) is 4.74 Å². The Morgan fingerprint density at radius 1 is 1.33 bits per heavy atom. The lowest BCUT2D eigenvalue weighted by molar-refractivity contribution is -0.453. The second kappa shape index (κ2) is 7.96. The number of alkyl halides is 1. The molecule has 0 aromatic carbocycles. The quantitative estimate of drug-likeness (QED) is 0.537. The molecule has 176 valence electrons. The van der Waals surface area contributed by atoms with Gasteiger partial charge in [-0.15, -0.1) is 0 Å². The summed E-state index contributed by atoms with van der Waals surface area (Å²) >= 11 is 0. The van der Waals surface area contributed by atoms with Crippen molar-refractivity contribution in [2.45, 2.75) is 30.2 Å². The maximum absolute atomic E-state index is 13.4. The molecule has 10 nitrogen and oxygen atoms in total. The number of halogens is 1. The predicted octanol–water partition coefficient (Wildman–Crippen LogP) is 0.269. The minimum Gasteiger partial charge on any atom is -0.380 e. The van der Waals surface area contributed by atoms with E-state index in [0.717, 1.165) is 4.90 Å². The molecule has 1 saturated carbocycles. The van der Waals surface area contributed by atoms with E-state index in [9.17, 15) is 22.4 Å². The number of imide groups is 1. The normalized spacial score (nSPS) is 24.6. The van der Waals surface area contributed by atoms with Gasteiger partial charge in [-0.2, -0.15) is 19.4 Å². The number of nitrogens with zero attached hydrogens (tertiary/aromatic N) is 4. The van der Waals surface area contributed by atoms with Crippen molar-refractivity contribution in [2.75, 3.05) is 26.4 Å². The van der Waals surface area contributed by atoms with E-state index in [0.29, 0.717) is 43.9 Å². The Bertz CT molecular complexity index is 1210. The van der Waals surface area contributed by atoms with E-state index in [1.54, 1.807) is 24.1 Å². The van der Waals surface area contributed by atoms with Crippen LogP contribution in [-0.2, 0) is 33.1 Å². The van der Waals surface area contributed by atoms with E-state index >= 15 is 0 Å². The lowest BCUT2D eigenvalue weighted by Gasteiger charge is -2.30. The second-order valence-electron chi connectivity index (χ2n) is 9.06. The summed E-state index contributed by atoms with van der Waals surface area (Å²) in [6.07, 6.45) is 8.45. The lowest BCUT2D eigenvalue weighted by atomic mass is 9.98. The smallest absolute Gasteiger partial charge is 0.380 e. The maximum Gasteiger partial charge on any atom is 0.501 e. The molecule has 1 saturated heterocycles. The summed E-state index contributed by atoms with van der Waals surface area (Å²) in [6.45, 7) is 0.622. The molecule has 1 N–H and O–H groups in total. The van der Waals surface area contributed by atoms with Gasteiger partial charge in [0.1, 0.15) is 36.3 Å². The Labute approximate surface area is 190 Å². The number of ether oxygens (including phenoxy) is 1. The number of aryl methyl sites for hydroxylation is 1. The van der Waals surface area contributed by atoms with Gasteiger partial charge in [-0.3, -0.25) is 4.68 Å². The van der Waals surface area contributed by atoms with Gasteiger partial charge < -0.3 is 4.74 Å². The zero-order chi connectivity index (χ0) is 23.4. The largest absolute Gasteiger partial charge is 0.501 e. The van der Waals surface area contributed by atoms with Crippen LogP contribution in [0.25, 0.3) is 0 Å². The molecule has 3 amide bonds. The Kier molecular flexibility index (Phi) is 5.33. The number of amides is 3. The summed E-state index contributed by atoms with van der Waals surface area (Å²) < 4.78 is 49.9. The minimum atomic E-state index is -3.96. The molecule has 2 aliphatic carbocycles. The first-order chi connectivity index (χ1) is 15.7. The van der Waals surface area contributed by atoms with Crippen LogP contribution in [0.4, 0.5) is 9.18 Å². The highest BCUT2D eigenvalue weighted by Gasteiger charge is 2.50. The van der Waals surface area contributed by atoms with Crippen LogP contribution in [0.15, 0.2) is 36.2 Å². The number of carbonyl (C=O) groups is 2. The van der Waals surface area contributed by atoms with E-state index in [2.05, 4.69) is 9.82 Å². The molecule has 33 heavy (non-hydrogen) atoms. The van der Waals surface area contributed by atoms with Crippen molar-refractivity contribution in [2.24, 2.45) is 13.0 Å². The lowest BCUT2D eigenvalue weighted by Crippen LogP contribution is -2.54. The van der Waals surface area contributed by atoms with Crippen molar-refractivity contribution in [1.82, 2.24) is 19.4 Å². The van der Waals surface area contributed by atoms with Crippen LogP contribution >= 0.6 is 0 Å². The molecule has 3 heterocycles. The predicted molar refractivity (Wildman–Crippen MR) is 115 cm³/mol. The summed E-state index contributed by atoms with van der Waals surface area (Å²) in [6, 6.07) is -0.471. The fourth-order valence-electron chi connectivity index (χ4n) is 4.15. The highest BCUT2D eigenvalue weighted by molar-refractivity contribution is 7.90. The van der Waals surface area contributed by atoms with Crippen molar-refractivity contribution in [3.8, 4) is 0 Å². The molecule has 5 rings (SSSR count). The molecule has 1 unspecified atom stereocenters. The van der Waals surface area contributed by atoms with Gasteiger partial charge in [0.05, 0.1) is 24.9 Å². The van der Waals surface area contributed by atoms with Crippen LogP contribution in [-0.4, -0.2) is 82.5 Å². The number of allylic oxidation sites excluding steroid dienone is 1. The van der Waals surface area contributed by atoms with Crippen LogP contribution in [0.5, 0.6) is 0 Å². The summed E-state index contributed by atoms with van der Waals surface area (Å²) in [5, 5.41) is 2.94. The number of fused-ring (bicyclic) bond motifs is 1. The van der Waals surface area contributed by atoms with Gasteiger partial charge >= 0.3 is 11.9 Å². The van der Waals surface area contributed by atoms with E-state index in [-0.39, 0.29) is 18.0 Å². The van der Waals surface area contributed by atoms with Gasteiger partial charge in [0, 0.05) is 24.7 Å². The first-order valence-electron chi connectivity index (χ1n) is 10.8. The van der Waals surface area contributed by atoms with Crippen molar-refractivity contribution in [3.63, 3.8) is 0 Å².